The Morgan fingerprint density at radius 1 is 1.06 bits per heavy atom. The van der Waals surface area contributed by atoms with Gasteiger partial charge in [-0.3, -0.25) is 4.79 Å². The quantitative estimate of drug-likeness (QED) is 0.579. The number of rotatable bonds is 2. The van der Waals surface area contributed by atoms with Crippen LogP contribution >= 0.6 is 31.9 Å². The molecule has 0 saturated carbocycles. The molecule has 0 aromatic heterocycles. The predicted octanol–water partition coefficient (Wildman–Crippen LogP) is 4.53. The number of ketones is 1. The zero-order valence-corrected chi connectivity index (χ0v) is 11.9. The van der Waals surface area contributed by atoms with Crippen molar-refractivity contribution < 1.29 is 4.79 Å². The van der Waals surface area contributed by atoms with Crippen molar-refractivity contribution in [3.05, 3.63) is 48.0 Å². The van der Waals surface area contributed by atoms with Gasteiger partial charge in [0.1, 0.15) is 3.23 Å². The highest BCUT2D eigenvalue weighted by Crippen LogP contribution is 2.32. The largest absolute Gasteiger partial charge is 0.292 e. The van der Waals surface area contributed by atoms with Gasteiger partial charge in [0.2, 0.25) is 0 Å². The van der Waals surface area contributed by atoms with E-state index in [-0.39, 0.29) is 5.78 Å². The molecule has 0 aliphatic rings. The average Bonchev–Trinajstić information content (AvgIpc) is 2.26. The van der Waals surface area contributed by atoms with Crippen molar-refractivity contribution in [3.8, 4) is 0 Å². The molecule has 16 heavy (non-hydrogen) atoms. The molecule has 2 rings (SSSR count). The minimum atomic E-state index is -0.704. The first-order valence-electron chi connectivity index (χ1n) is 4.90. The molecule has 0 spiro atoms. The third-order valence-corrected chi connectivity index (χ3v) is 3.15. The number of hydrogen-bond donors (Lipinski definition) is 0. The molecule has 82 valence electrons. The van der Waals surface area contributed by atoms with Crippen LogP contribution < -0.4 is 0 Å². The monoisotopic (exact) mass is 340 g/mol. The molecule has 0 fully saturated rings. The first-order valence-corrected chi connectivity index (χ1v) is 6.49. The lowest BCUT2D eigenvalue weighted by atomic mass is 10.0. The fraction of sp³-hybridized carbons (Fsp3) is 0.154. The van der Waals surface area contributed by atoms with Crippen molar-refractivity contribution in [2.24, 2.45) is 0 Å². The van der Waals surface area contributed by atoms with Crippen LogP contribution in [0.15, 0.2) is 42.5 Å². The van der Waals surface area contributed by atoms with Crippen molar-refractivity contribution in [1.29, 1.82) is 0 Å². The van der Waals surface area contributed by atoms with Crippen LogP contribution in [0.2, 0.25) is 0 Å². The number of hydrogen-bond acceptors (Lipinski definition) is 1. The Morgan fingerprint density at radius 2 is 1.69 bits per heavy atom. The Kier molecular flexibility index (Phi) is 3.17. The molecule has 0 amide bonds. The van der Waals surface area contributed by atoms with Crippen LogP contribution in [-0.4, -0.2) is 9.02 Å². The summed E-state index contributed by atoms with van der Waals surface area (Å²) in [5, 5.41) is 2.07. The topological polar surface area (TPSA) is 17.1 Å². The lowest BCUT2D eigenvalue weighted by molar-refractivity contribution is 0.0989. The summed E-state index contributed by atoms with van der Waals surface area (Å²) in [5.74, 6) is 0.0318. The summed E-state index contributed by atoms with van der Waals surface area (Å²) >= 11 is 6.67. The van der Waals surface area contributed by atoms with E-state index < -0.39 is 3.23 Å². The first kappa shape index (κ1) is 11.8. The molecular weight excluding hydrogens is 332 g/mol. The van der Waals surface area contributed by atoms with Crippen molar-refractivity contribution >= 4 is 48.4 Å². The maximum atomic E-state index is 12.2. The summed E-state index contributed by atoms with van der Waals surface area (Å²) in [5.41, 5.74) is 0.731. The molecule has 0 atom stereocenters. The molecule has 0 N–H and O–H groups in total. The Bertz CT molecular complexity index is 536. The normalized spacial score (nSPS) is 11.7. The number of Topliss-reactive ketones (excluding diaryl/α,β-unsaturated/α-hetero) is 1. The Balaban J connectivity index is 2.66. The van der Waals surface area contributed by atoms with E-state index in [1.165, 1.54) is 0 Å². The Hall–Kier alpha value is -0.670. The maximum absolute atomic E-state index is 12.2. The van der Waals surface area contributed by atoms with E-state index in [9.17, 15) is 4.79 Å². The molecule has 3 heteroatoms. The molecule has 0 aliphatic carbocycles. The summed E-state index contributed by atoms with van der Waals surface area (Å²) in [4.78, 5) is 12.2. The van der Waals surface area contributed by atoms with Crippen molar-refractivity contribution in [2.45, 2.75) is 10.2 Å². The van der Waals surface area contributed by atoms with Gasteiger partial charge in [0.15, 0.2) is 5.78 Å². The van der Waals surface area contributed by atoms with Crippen molar-refractivity contribution in [2.75, 3.05) is 0 Å². The van der Waals surface area contributed by atoms with Gasteiger partial charge in [-0.1, -0.05) is 74.3 Å². The highest BCUT2D eigenvalue weighted by atomic mass is 79.9. The fourth-order valence-corrected chi connectivity index (χ4v) is 2.09. The predicted molar refractivity (Wildman–Crippen MR) is 74.5 cm³/mol. The second kappa shape index (κ2) is 4.30. The molecule has 0 radical (unpaired) electrons. The van der Waals surface area contributed by atoms with Gasteiger partial charge in [0.05, 0.1) is 0 Å². The van der Waals surface area contributed by atoms with Crippen molar-refractivity contribution in [3.63, 3.8) is 0 Å². The van der Waals surface area contributed by atoms with E-state index in [1.54, 1.807) is 6.92 Å². The molecule has 0 aliphatic heterocycles. The van der Waals surface area contributed by atoms with Gasteiger partial charge in [-0.15, -0.1) is 0 Å². The number of carbonyl (C=O) groups excluding carboxylic acids is 1. The molecule has 2 aromatic rings. The third-order valence-electron chi connectivity index (χ3n) is 2.43. The average molecular weight is 342 g/mol. The number of carbonyl (C=O) groups is 1. The van der Waals surface area contributed by atoms with E-state index >= 15 is 0 Å². The van der Waals surface area contributed by atoms with E-state index in [1.807, 2.05) is 42.5 Å². The van der Waals surface area contributed by atoms with Gasteiger partial charge >= 0.3 is 0 Å². The molecule has 1 nitrogen and oxygen atoms in total. The first-order chi connectivity index (χ1) is 7.50. The summed E-state index contributed by atoms with van der Waals surface area (Å²) in [6, 6.07) is 13.6. The van der Waals surface area contributed by atoms with E-state index in [0.717, 1.165) is 16.3 Å². The highest BCUT2D eigenvalue weighted by Gasteiger charge is 2.28. The lowest BCUT2D eigenvalue weighted by Gasteiger charge is -2.14. The van der Waals surface area contributed by atoms with Crippen LogP contribution in [0.1, 0.15) is 17.3 Å². The Morgan fingerprint density at radius 3 is 2.38 bits per heavy atom. The van der Waals surface area contributed by atoms with Crippen LogP contribution in [0.4, 0.5) is 0 Å². The summed E-state index contributed by atoms with van der Waals surface area (Å²) < 4.78 is -0.704. The van der Waals surface area contributed by atoms with Crippen LogP contribution in [0.25, 0.3) is 10.8 Å². The number of alkyl halides is 2. The minimum Gasteiger partial charge on any atom is -0.292 e. The third kappa shape index (κ3) is 2.20. The molecule has 0 unspecified atom stereocenters. The van der Waals surface area contributed by atoms with Gasteiger partial charge in [-0.25, -0.2) is 0 Å². The SMILES string of the molecule is CC(Br)(Br)C(=O)c1cccc2ccccc12. The number of halogens is 2. The molecule has 0 heterocycles. The lowest BCUT2D eigenvalue weighted by Crippen LogP contribution is -2.20. The van der Waals surface area contributed by atoms with Gasteiger partial charge in [-0.2, -0.15) is 0 Å². The zero-order chi connectivity index (χ0) is 11.8. The van der Waals surface area contributed by atoms with Crippen LogP contribution in [0.5, 0.6) is 0 Å². The molecule has 0 saturated heterocycles. The van der Waals surface area contributed by atoms with Crippen molar-refractivity contribution in [1.82, 2.24) is 0 Å². The molecule has 0 bridgehead atoms. The summed E-state index contributed by atoms with van der Waals surface area (Å²) in [6.45, 7) is 1.79. The van der Waals surface area contributed by atoms with Gasteiger partial charge < -0.3 is 0 Å². The minimum absolute atomic E-state index is 0.0318. The second-order valence-electron chi connectivity index (χ2n) is 3.74. The molecule has 2 aromatic carbocycles. The summed E-state index contributed by atoms with van der Waals surface area (Å²) in [7, 11) is 0. The standard InChI is InChI=1S/C13H10Br2O/c1-13(14,15)12(16)11-8-4-6-9-5-2-3-7-10(9)11/h2-8H,1H3. The van der Waals surface area contributed by atoms with Gasteiger partial charge in [0, 0.05) is 5.56 Å². The van der Waals surface area contributed by atoms with E-state index in [4.69, 9.17) is 0 Å². The summed E-state index contributed by atoms with van der Waals surface area (Å²) in [6.07, 6.45) is 0. The second-order valence-corrected chi connectivity index (χ2v) is 7.98. The molecular formula is C13H10Br2O. The maximum Gasteiger partial charge on any atom is 0.190 e. The highest BCUT2D eigenvalue weighted by molar-refractivity contribution is 9.25. The van der Waals surface area contributed by atoms with Crippen LogP contribution in [0, 0.1) is 0 Å². The van der Waals surface area contributed by atoms with Gasteiger partial charge in [0.25, 0.3) is 0 Å². The van der Waals surface area contributed by atoms with Crippen LogP contribution in [-0.2, 0) is 0 Å². The van der Waals surface area contributed by atoms with E-state index in [2.05, 4.69) is 31.9 Å². The fourth-order valence-electron chi connectivity index (χ4n) is 1.66. The number of benzene rings is 2. The van der Waals surface area contributed by atoms with Crippen LogP contribution in [0.3, 0.4) is 0 Å². The Labute approximate surface area is 111 Å². The zero-order valence-electron chi connectivity index (χ0n) is 8.71. The van der Waals surface area contributed by atoms with E-state index in [0.29, 0.717) is 0 Å². The smallest absolute Gasteiger partial charge is 0.190 e. The number of fused-ring (bicyclic) bond motifs is 1. The van der Waals surface area contributed by atoms with Gasteiger partial charge in [-0.05, 0) is 17.7 Å².